The molecule has 13 heavy (non-hydrogen) atoms. The van der Waals surface area contributed by atoms with E-state index in [2.05, 4.69) is 18.1 Å². The van der Waals surface area contributed by atoms with E-state index in [1.807, 2.05) is 31.3 Å². The molecule has 0 unspecified atom stereocenters. The number of anilines is 1. The van der Waals surface area contributed by atoms with Gasteiger partial charge in [0.25, 0.3) is 0 Å². The van der Waals surface area contributed by atoms with Gasteiger partial charge in [0.1, 0.15) is 0 Å². The molecule has 0 saturated carbocycles. The predicted octanol–water partition coefficient (Wildman–Crippen LogP) is 2.43. The minimum absolute atomic E-state index is 0.876. The van der Waals surface area contributed by atoms with Crippen molar-refractivity contribution in [2.75, 3.05) is 19.0 Å². The van der Waals surface area contributed by atoms with Crippen molar-refractivity contribution in [3.8, 4) is 0 Å². The Morgan fingerprint density at radius 1 is 1.31 bits per heavy atom. The van der Waals surface area contributed by atoms with Crippen LogP contribution in [0.25, 0.3) is 12.2 Å². The molecular formula is C11H14N2. The highest BCUT2D eigenvalue weighted by Gasteiger charge is 2.00. The molecule has 2 heteroatoms. The number of hydrogen-bond donors (Lipinski definition) is 0. The van der Waals surface area contributed by atoms with Crippen molar-refractivity contribution in [2.45, 2.75) is 0 Å². The molecule has 0 bridgehead atoms. The molecular weight excluding hydrogens is 160 g/mol. The van der Waals surface area contributed by atoms with Gasteiger partial charge in [-0.05, 0) is 12.1 Å². The van der Waals surface area contributed by atoms with Crippen molar-refractivity contribution in [2.24, 2.45) is 0 Å². The smallest absolute Gasteiger partial charge is 0.0697 e. The number of nitrogens with zero attached hydrogens (tertiary/aromatic N) is 2. The molecule has 1 heterocycles. The summed E-state index contributed by atoms with van der Waals surface area (Å²) in [5.41, 5.74) is 2.96. The van der Waals surface area contributed by atoms with Crippen molar-refractivity contribution < 1.29 is 0 Å². The Kier molecular flexibility index (Phi) is 2.85. The lowest BCUT2D eigenvalue weighted by molar-refractivity contribution is 1.10. The quantitative estimate of drug-likeness (QED) is 0.699. The van der Waals surface area contributed by atoms with Crippen molar-refractivity contribution in [3.05, 3.63) is 36.7 Å². The highest BCUT2D eigenvalue weighted by molar-refractivity contribution is 5.64. The third-order valence-corrected chi connectivity index (χ3v) is 1.86. The summed E-state index contributed by atoms with van der Waals surface area (Å²) in [6.45, 7) is 7.42. The molecule has 0 aliphatic carbocycles. The zero-order valence-electron chi connectivity index (χ0n) is 8.12. The summed E-state index contributed by atoms with van der Waals surface area (Å²) in [5, 5.41) is 0. The Morgan fingerprint density at radius 2 is 2.00 bits per heavy atom. The van der Waals surface area contributed by atoms with Crippen LogP contribution in [0.3, 0.4) is 0 Å². The fourth-order valence-electron chi connectivity index (χ4n) is 1.06. The fraction of sp³-hybridized carbons (Fsp3) is 0.182. The first kappa shape index (κ1) is 9.52. The van der Waals surface area contributed by atoms with Gasteiger partial charge in [-0.1, -0.05) is 19.2 Å². The van der Waals surface area contributed by atoms with E-state index >= 15 is 0 Å². The molecule has 0 aliphatic rings. The molecule has 0 saturated heterocycles. The van der Waals surface area contributed by atoms with Crippen molar-refractivity contribution in [1.29, 1.82) is 0 Å². The average Bonchev–Trinajstić information content (AvgIpc) is 2.16. The molecule has 0 radical (unpaired) electrons. The summed E-state index contributed by atoms with van der Waals surface area (Å²) in [5.74, 6) is 0. The molecule has 1 rings (SSSR count). The zero-order chi connectivity index (χ0) is 9.84. The van der Waals surface area contributed by atoms with Gasteiger partial charge in [-0.25, -0.2) is 0 Å². The molecule has 68 valence electrons. The SMILES string of the molecule is C=Cc1cc(N(C)C)cnc1C=C. The second kappa shape index (κ2) is 3.90. The minimum Gasteiger partial charge on any atom is -0.376 e. The van der Waals surface area contributed by atoms with E-state index in [9.17, 15) is 0 Å². The van der Waals surface area contributed by atoms with Crippen LogP contribution in [-0.4, -0.2) is 19.1 Å². The molecule has 0 aromatic carbocycles. The highest BCUT2D eigenvalue weighted by atomic mass is 15.1. The first-order valence-electron chi connectivity index (χ1n) is 4.11. The molecule has 0 amide bonds. The number of pyridine rings is 1. The molecule has 1 aromatic heterocycles. The summed E-state index contributed by atoms with van der Waals surface area (Å²) < 4.78 is 0. The molecule has 1 aromatic rings. The Bertz CT molecular complexity index is 327. The van der Waals surface area contributed by atoms with E-state index in [0.29, 0.717) is 0 Å². The van der Waals surface area contributed by atoms with Gasteiger partial charge < -0.3 is 4.90 Å². The molecule has 2 nitrogen and oxygen atoms in total. The number of hydrogen-bond acceptors (Lipinski definition) is 2. The predicted molar refractivity (Wildman–Crippen MR) is 58.7 cm³/mol. The van der Waals surface area contributed by atoms with E-state index in [1.54, 1.807) is 12.2 Å². The van der Waals surface area contributed by atoms with Crippen LogP contribution in [0.5, 0.6) is 0 Å². The van der Waals surface area contributed by atoms with Gasteiger partial charge in [-0.3, -0.25) is 4.98 Å². The van der Waals surface area contributed by atoms with Crippen molar-refractivity contribution in [1.82, 2.24) is 4.98 Å². The van der Waals surface area contributed by atoms with Gasteiger partial charge in [0.2, 0.25) is 0 Å². The van der Waals surface area contributed by atoms with E-state index < -0.39 is 0 Å². The van der Waals surface area contributed by atoms with Crippen molar-refractivity contribution in [3.63, 3.8) is 0 Å². The summed E-state index contributed by atoms with van der Waals surface area (Å²) in [6.07, 6.45) is 5.34. The van der Waals surface area contributed by atoms with Crippen LogP contribution in [0.1, 0.15) is 11.3 Å². The molecule has 0 fully saturated rings. The van der Waals surface area contributed by atoms with Crippen LogP contribution >= 0.6 is 0 Å². The normalized spacial score (nSPS) is 9.38. The van der Waals surface area contributed by atoms with Crippen LogP contribution in [0, 0.1) is 0 Å². The van der Waals surface area contributed by atoms with Gasteiger partial charge in [-0.15, -0.1) is 0 Å². The topological polar surface area (TPSA) is 16.1 Å². The standard InChI is InChI=1S/C11H14N2/c1-5-9-7-10(13(3)4)8-12-11(9)6-2/h5-8H,1-2H2,3-4H3. The Balaban J connectivity index is 3.20. The zero-order valence-corrected chi connectivity index (χ0v) is 8.12. The summed E-state index contributed by atoms with van der Waals surface area (Å²) in [6, 6.07) is 2.04. The number of rotatable bonds is 3. The van der Waals surface area contributed by atoms with Crippen molar-refractivity contribution >= 4 is 17.8 Å². The second-order valence-electron chi connectivity index (χ2n) is 2.97. The van der Waals surface area contributed by atoms with Crippen LogP contribution in [0.2, 0.25) is 0 Å². The van der Waals surface area contributed by atoms with Gasteiger partial charge >= 0.3 is 0 Å². The largest absolute Gasteiger partial charge is 0.376 e. The van der Waals surface area contributed by atoms with Gasteiger partial charge in [-0.2, -0.15) is 0 Å². The maximum atomic E-state index is 4.26. The lowest BCUT2D eigenvalue weighted by Gasteiger charge is -2.13. The van der Waals surface area contributed by atoms with Crippen LogP contribution in [0.4, 0.5) is 5.69 Å². The first-order valence-corrected chi connectivity index (χ1v) is 4.11. The van der Waals surface area contributed by atoms with E-state index in [1.165, 1.54) is 0 Å². The maximum absolute atomic E-state index is 4.26. The summed E-state index contributed by atoms with van der Waals surface area (Å²) in [7, 11) is 3.97. The number of aromatic nitrogens is 1. The molecule has 0 N–H and O–H groups in total. The highest BCUT2D eigenvalue weighted by Crippen LogP contribution is 2.16. The molecule has 0 spiro atoms. The second-order valence-corrected chi connectivity index (χ2v) is 2.97. The third kappa shape index (κ3) is 1.96. The van der Waals surface area contributed by atoms with Gasteiger partial charge in [0.15, 0.2) is 0 Å². The fourth-order valence-corrected chi connectivity index (χ4v) is 1.06. The average molecular weight is 174 g/mol. The molecule has 0 aliphatic heterocycles. The Morgan fingerprint density at radius 3 is 2.46 bits per heavy atom. The monoisotopic (exact) mass is 174 g/mol. The van der Waals surface area contributed by atoms with E-state index in [0.717, 1.165) is 16.9 Å². The van der Waals surface area contributed by atoms with Crippen LogP contribution < -0.4 is 4.90 Å². The molecule has 0 atom stereocenters. The maximum Gasteiger partial charge on any atom is 0.0697 e. The summed E-state index contributed by atoms with van der Waals surface area (Å²) >= 11 is 0. The lowest BCUT2D eigenvalue weighted by atomic mass is 10.1. The van der Waals surface area contributed by atoms with Crippen LogP contribution in [0.15, 0.2) is 25.4 Å². The lowest BCUT2D eigenvalue weighted by Crippen LogP contribution is -2.09. The Labute approximate surface area is 79.2 Å². The first-order chi connectivity index (χ1) is 6.19. The van der Waals surface area contributed by atoms with E-state index in [4.69, 9.17) is 0 Å². The summed E-state index contributed by atoms with van der Waals surface area (Å²) in [4.78, 5) is 6.27. The Hall–Kier alpha value is -1.57. The third-order valence-electron chi connectivity index (χ3n) is 1.86. The minimum atomic E-state index is 0.876. The van der Waals surface area contributed by atoms with Gasteiger partial charge in [0.05, 0.1) is 17.6 Å². The van der Waals surface area contributed by atoms with Gasteiger partial charge in [0, 0.05) is 19.7 Å². The van der Waals surface area contributed by atoms with E-state index in [-0.39, 0.29) is 0 Å². The van der Waals surface area contributed by atoms with Crippen LogP contribution in [-0.2, 0) is 0 Å².